The third-order valence-corrected chi connectivity index (χ3v) is 3.53. The van der Waals surface area contributed by atoms with Crippen molar-refractivity contribution in [3.8, 4) is 0 Å². The van der Waals surface area contributed by atoms with Crippen molar-refractivity contribution in [2.24, 2.45) is 17.1 Å². The highest BCUT2D eigenvalue weighted by molar-refractivity contribution is 5.83. The Labute approximate surface area is 81.9 Å². The fraction of sp³-hybridized carbons (Fsp3) is 0.778. The van der Waals surface area contributed by atoms with E-state index >= 15 is 0 Å². The maximum atomic E-state index is 11.0. The molecule has 0 radical (unpaired) electrons. The Balaban J connectivity index is 3.08. The fourth-order valence-electron chi connectivity index (χ4n) is 2.18. The molecule has 5 heteroatoms. The summed E-state index contributed by atoms with van der Waals surface area (Å²) in [5.74, 6) is -2.77. The van der Waals surface area contributed by atoms with E-state index in [-0.39, 0.29) is 6.42 Å². The molecule has 5 nitrogen and oxygen atoms in total. The lowest BCUT2D eigenvalue weighted by atomic mass is 9.71. The van der Waals surface area contributed by atoms with Crippen LogP contribution in [0, 0.1) is 11.3 Å². The van der Waals surface area contributed by atoms with E-state index in [4.69, 9.17) is 15.9 Å². The van der Waals surface area contributed by atoms with Crippen LogP contribution in [-0.2, 0) is 9.59 Å². The number of hydrogen-bond acceptors (Lipinski definition) is 3. The molecular weight excluding hydrogens is 186 g/mol. The Morgan fingerprint density at radius 3 is 2.07 bits per heavy atom. The Kier molecular flexibility index (Phi) is 2.31. The first-order valence-electron chi connectivity index (χ1n) is 4.48. The van der Waals surface area contributed by atoms with Gasteiger partial charge in [0.25, 0.3) is 0 Å². The van der Waals surface area contributed by atoms with Gasteiger partial charge in [-0.15, -0.1) is 0 Å². The highest BCUT2D eigenvalue weighted by Gasteiger charge is 2.59. The predicted octanol–water partition coefficient (Wildman–Crippen LogP) is 0.289. The molecule has 0 aromatic heterocycles. The van der Waals surface area contributed by atoms with Crippen LogP contribution in [0.4, 0.5) is 0 Å². The number of aliphatic carboxylic acids is 2. The predicted molar refractivity (Wildman–Crippen MR) is 48.7 cm³/mol. The first-order valence-corrected chi connectivity index (χ1v) is 4.48. The summed E-state index contributed by atoms with van der Waals surface area (Å²) >= 11 is 0. The van der Waals surface area contributed by atoms with E-state index in [0.29, 0.717) is 6.42 Å². The summed E-state index contributed by atoms with van der Waals surface area (Å²) in [5.41, 5.74) is 3.41. The van der Waals surface area contributed by atoms with E-state index in [1.54, 1.807) is 13.8 Å². The quantitative estimate of drug-likeness (QED) is 0.596. The number of rotatable bonds is 2. The van der Waals surface area contributed by atoms with Gasteiger partial charge < -0.3 is 15.9 Å². The third-order valence-electron chi connectivity index (χ3n) is 3.53. The summed E-state index contributed by atoms with van der Waals surface area (Å²) in [6.07, 6.45) is 0.539. The molecule has 1 aliphatic carbocycles. The molecule has 1 aliphatic rings. The number of carboxylic acid groups (broad SMARTS) is 2. The molecule has 0 aromatic rings. The Morgan fingerprint density at radius 2 is 1.86 bits per heavy atom. The van der Waals surface area contributed by atoms with Crippen LogP contribution in [0.3, 0.4) is 0 Å². The maximum Gasteiger partial charge on any atom is 0.324 e. The van der Waals surface area contributed by atoms with Gasteiger partial charge in [-0.3, -0.25) is 9.59 Å². The lowest BCUT2D eigenvalue weighted by Crippen LogP contribution is -2.57. The summed E-state index contributed by atoms with van der Waals surface area (Å²) in [6.45, 7) is 3.21. The third kappa shape index (κ3) is 1.19. The standard InChI is InChI=1S/C9H15NO4/c1-8(2)5(6(11)12)3-4-9(8,10)7(13)14/h5H,3-4,10H2,1-2H3,(H,11,12)(H,13,14). The van der Waals surface area contributed by atoms with Crippen molar-refractivity contribution < 1.29 is 19.8 Å². The van der Waals surface area contributed by atoms with Gasteiger partial charge in [-0.2, -0.15) is 0 Å². The molecule has 1 saturated carbocycles. The molecular formula is C9H15NO4. The number of carboxylic acids is 2. The number of nitrogens with two attached hydrogens (primary N) is 1. The molecule has 0 bridgehead atoms. The average Bonchev–Trinajstić information content (AvgIpc) is 2.24. The summed E-state index contributed by atoms with van der Waals surface area (Å²) in [7, 11) is 0. The lowest BCUT2D eigenvalue weighted by molar-refractivity contribution is -0.151. The highest BCUT2D eigenvalue weighted by Crippen LogP contribution is 2.48. The minimum absolute atomic E-state index is 0.215. The van der Waals surface area contributed by atoms with Crippen molar-refractivity contribution >= 4 is 11.9 Å². The minimum Gasteiger partial charge on any atom is -0.481 e. The van der Waals surface area contributed by atoms with E-state index < -0.39 is 28.8 Å². The zero-order valence-electron chi connectivity index (χ0n) is 8.28. The molecule has 0 saturated heterocycles. The van der Waals surface area contributed by atoms with Crippen LogP contribution in [0.15, 0.2) is 0 Å². The van der Waals surface area contributed by atoms with Gasteiger partial charge in [0.05, 0.1) is 5.92 Å². The van der Waals surface area contributed by atoms with Gasteiger partial charge in [0.2, 0.25) is 0 Å². The first kappa shape index (κ1) is 11.0. The molecule has 0 amide bonds. The Hall–Kier alpha value is -1.10. The zero-order chi connectivity index (χ0) is 11.1. The molecule has 0 heterocycles. The van der Waals surface area contributed by atoms with E-state index in [2.05, 4.69) is 0 Å². The van der Waals surface area contributed by atoms with Crippen LogP contribution < -0.4 is 5.73 Å². The summed E-state index contributed by atoms with van der Waals surface area (Å²) < 4.78 is 0. The molecule has 0 spiro atoms. The van der Waals surface area contributed by atoms with Gasteiger partial charge in [-0.25, -0.2) is 0 Å². The van der Waals surface area contributed by atoms with Gasteiger partial charge >= 0.3 is 11.9 Å². The average molecular weight is 201 g/mol. The van der Waals surface area contributed by atoms with Gasteiger partial charge in [0, 0.05) is 5.41 Å². The molecule has 14 heavy (non-hydrogen) atoms. The monoisotopic (exact) mass is 201 g/mol. The number of carbonyl (C=O) groups is 2. The second-order valence-electron chi connectivity index (χ2n) is 4.43. The first-order chi connectivity index (χ1) is 6.23. The van der Waals surface area contributed by atoms with Crippen molar-refractivity contribution in [1.82, 2.24) is 0 Å². The zero-order valence-corrected chi connectivity index (χ0v) is 8.28. The molecule has 4 N–H and O–H groups in total. The SMILES string of the molecule is CC1(C)C(C(=O)O)CCC1(N)C(=O)O. The molecule has 2 atom stereocenters. The molecule has 2 unspecified atom stereocenters. The normalized spacial score (nSPS) is 35.5. The van der Waals surface area contributed by atoms with Crippen molar-refractivity contribution in [2.75, 3.05) is 0 Å². The van der Waals surface area contributed by atoms with Crippen LogP contribution in [-0.4, -0.2) is 27.7 Å². The van der Waals surface area contributed by atoms with Crippen LogP contribution >= 0.6 is 0 Å². The van der Waals surface area contributed by atoms with Crippen LogP contribution in [0.1, 0.15) is 26.7 Å². The van der Waals surface area contributed by atoms with Gasteiger partial charge in [-0.1, -0.05) is 13.8 Å². The van der Waals surface area contributed by atoms with Crippen LogP contribution in [0.25, 0.3) is 0 Å². The van der Waals surface area contributed by atoms with Crippen molar-refractivity contribution in [2.45, 2.75) is 32.2 Å². The largest absolute Gasteiger partial charge is 0.481 e. The number of hydrogen-bond donors (Lipinski definition) is 3. The van der Waals surface area contributed by atoms with E-state index in [9.17, 15) is 9.59 Å². The van der Waals surface area contributed by atoms with E-state index in [1.807, 2.05) is 0 Å². The Bertz CT molecular complexity index is 287. The second-order valence-corrected chi connectivity index (χ2v) is 4.43. The van der Waals surface area contributed by atoms with Crippen LogP contribution in [0.5, 0.6) is 0 Å². The van der Waals surface area contributed by atoms with Crippen molar-refractivity contribution in [1.29, 1.82) is 0 Å². The topological polar surface area (TPSA) is 101 Å². The molecule has 0 aliphatic heterocycles. The van der Waals surface area contributed by atoms with Crippen LogP contribution in [0.2, 0.25) is 0 Å². The van der Waals surface area contributed by atoms with Crippen molar-refractivity contribution in [3.05, 3.63) is 0 Å². The minimum atomic E-state index is -1.42. The maximum absolute atomic E-state index is 11.0. The lowest BCUT2D eigenvalue weighted by Gasteiger charge is -2.36. The smallest absolute Gasteiger partial charge is 0.324 e. The van der Waals surface area contributed by atoms with Gasteiger partial charge in [0.15, 0.2) is 0 Å². The molecule has 0 aromatic carbocycles. The Morgan fingerprint density at radius 1 is 1.36 bits per heavy atom. The van der Waals surface area contributed by atoms with Crippen molar-refractivity contribution in [3.63, 3.8) is 0 Å². The summed E-state index contributed by atoms with van der Waals surface area (Å²) in [4.78, 5) is 21.9. The van der Waals surface area contributed by atoms with Gasteiger partial charge in [-0.05, 0) is 12.8 Å². The fourth-order valence-corrected chi connectivity index (χ4v) is 2.18. The second kappa shape index (κ2) is 2.95. The van der Waals surface area contributed by atoms with E-state index in [0.717, 1.165) is 0 Å². The molecule has 1 fully saturated rings. The van der Waals surface area contributed by atoms with Gasteiger partial charge in [0.1, 0.15) is 5.54 Å². The molecule has 1 rings (SSSR count). The summed E-state index contributed by atoms with van der Waals surface area (Å²) in [5, 5.41) is 17.9. The van der Waals surface area contributed by atoms with E-state index in [1.165, 1.54) is 0 Å². The molecule has 80 valence electrons. The summed E-state index contributed by atoms with van der Waals surface area (Å²) in [6, 6.07) is 0. The highest BCUT2D eigenvalue weighted by atomic mass is 16.4.